The molecule has 0 bridgehead atoms. The Kier molecular flexibility index (Phi) is 2.78. The third-order valence-electron chi connectivity index (χ3n) is 1.86. The monoisotopic (exact) mass is 201 g/mol. The normalized spacial score (nSPS) is 9.87. The Morgan fingerprint density at radius 2 is 2.20 bits per heavy atom. The van der Waals surface area contributed by atoms with Crippen molar-refractivity contribution in [2.75, 3.05) is 5.73 Å². The smallest absolute Gasteiger partial charge is 0.132 e. The Morgan fingerprint density at radius 3 is 2.93 bits per heavy atom. The second-order valence-electron chi connectivity index (χ2n) is 3.06. The van der Waals surface area contributed by atoms with Crippen LogP contribution in [0.1, 0.15) is 5.69 Å². The zero-order chi connectivity index (χ0) is 10.5. The zero-order valence-electron chi connectivity index (χ0n) is 8.13. The molecular formula is C11H11N3O. The van der Waals surface area contributed by atoms with E-state index in [1.807, 2.05) is 18.2 Å². The number of aromatic nitrogens is 2. The van der Waals surface area contributed by atoms with Gasteiger partial charge in [0.15, 0.2) is 0 Å². The highest BCUT2D eigenvalue weighted by molar-refractivity contribution is 5.43. The third kappa shape index (κ3) is 2.67. The molecule has 0 saturated heterocycles. The summed E-state index contributed by atoms with van der Waals surface area (Å²) in [6.45, 7) is 0.400. The van der Waals surface area contributed by atoms with Crippen molar-refractivity contribution in [3.05, 3.63) is 48.5 Å². The number of nitrogens with zero attached hydrogens (tertiary/aromatic N) is 2. The lowest BCUT2D eigenvalue weighted by molar-refractivity contribution is 0.301. The molecule has 76 valence electrons. The summed E-state index contributed by atoms with van der Waals surface area (Å²) in [5, 5.41) is 0. The standard InChI is InChI=1S/C11H11N3O/c12-9-2-1-3-11(6-9)15-8-10-7-13-4-5-14-10/h1-7H,8,12H2. The van der Waals surface area contributed by atoms with Crippen molar-refractivity contribution in [2.45, 2.75) is 6.61 Å². The highest BCUT2D eigenvalue weighted by Gasteiger charge is 1.96. The van der Waals surface area contributed by atoms with Crippen LogP contribution < -0.4 is 10.5 Å². The van der Waals surface area contributed by atoms with Gasteiger partial charge in [0.05, 0.1) is 11.9 Å². The summed E-state index contributed by atoms with van der Waals surface area (Å²) in [6.07, 6.45) is 4.94. The fourth-order valence-electron chi connectivity index (χ4n) is 1.17. The lowest BCUT2D eigenvalue weighted by Crippen LogP contribution is -1.98. The molecule has 0 spiro atoms. The van der Waals surface area contributed by atoms with E-state index >= 15 is 0 Å². The van der Waals surface area contributed by atoms with Gasteiger partial charge in [0, 0.05) is 24.1 Å². The first-order valence-corrected chi connectivity index (χ1v) is 4.58. The maximum absolute atomic E-state index is 5.62. The molecule has 0 aliphatic rings. The van der Waals surface area contributed by atoms with Gasteiger partial charge in [0.2, 0.25) is 0 Å². The molecule has 0 aliphatic heterocycles. The van der Waals surface area contributed by atoms with Gasteiger partial charge < -0.3 is 10.5 Å². The molecule has 15 heavy (non-hydrogen) atoms. The van der Waals surface area contributed by atoms with Gasteiger partial charge in [0.25, 0.3) is 0 Å². The van der Waals surface area contributed by atoms with E-state index in [-0.39, 0.29) is 0 Å². The number of nitrogens with two attached hydrogens (primary N) is 1. The van der Waals surface area contributed by atoms with Crippen LogP contribution in [0, 0.1) is 0 Å². The van der Waals surface area contributed by atoms with Crippen molar-refractivity contribution in [3.8, 4) is 5.75 Å². The van der Waals surface area contributed by atoms with E-state index in [4.69, 9.17) is 10.5 Å². The lowest BCUT2D eigenvalue weighted by atomic mass is 10.3. The van der Waals surface area contributed by atoms with Crippen molar-refractivity contribution in [1.82, 2.24) is 9.97 Å². The fraction of sp³-hybridized carbons (Fsp3) is 0.0909. The Labute approximate surface area is 87.7 Å². The van der Waals surface area contributed by atoms with Crippen LogP contribution in [0.4, 0.5) is 5.69 Å². The first kappa shape index (κ1) is 9.45. The molecule has 0 fully saturated rings. The topological polar surface area (TPSA) is 61.0 Å². The maximum atomic E-state index is 5.62. The van der Waals surface area contributed by atoms with E-state index in [0.717, 1.165) is 11.4 Å². The van der Waals surface area contributed by atoms with Crippen LogP contribution in [0.5, 0.6) is 5.75 Å². The third-order valence-corrected chi connectivity index (χ3v) is 1.86. The minimum absolute atomic E-state index is 0.400. The van der Waals surface area contributed by atoms with Crippen LogP contribution in [-0.2, 0) is 6.61 Å². The van der Waals surface area contributed by atoms with Gasteiger partial charge in [-0.3, -0.25) is 9.97 Å². The number of hydrogen-bond donors (Lipinski definition) is 1. The second kappa shape index (κ2) is 4.41. The molecule has 0 radical (unpaired) electrons. The number of ether oxygens (including phenoxy) is 1. The van der Waals surface area contributed by atoms with Gasteiger partial charge in [0.1, 0.15) is 12.4 Å². The molecule has 1 heterocycles. The van der Waals surface area contributed by atoms with E-state index in [9.17, 15) is 0 Å². The van der Waals surface area contributed by atoms with Gasteiger partial charge in [-0.2, -0.15) is 0 Å². The van der Waals surface area contributed by atoms with Gasteiger partial charge >= 0.3 is 0 Å². The minimum atomic E-state index is 0.400. The van der Waals surface area contributed by atoms with Crippen molar-refractivity contribution in [1.29, 1.82) is 0 Å². The first-order chi connectivity index (χ1) is 7.34. The summed E-state index contributed by atoms with van der Waals surface area (Å²) < 4.78 is 5.49. The van der Waals surface area contributed by atoms with Gasteiger partial charge in [-0.1, -0.05) is 6.07 Å². The molecule has 2 aromatic rings. The van der Waals surface area contributed by atoms with E-state index in [2.05, 4.69) is 9.97 Å². The second-order valence-corrected chi connectivity index (χ2v) is 3.06. The number of rotatable bonds is 3. The summed E-state index contributed by atoms with van der Waals surface area (Å²) in [5.74, 6) is 0.737. The average molecular weight is 201 g/mol. The van der Waals surface area contributed by atoms with Crippen LogP contribution in [0.2, 0.25) is 0 Å². The lowest BCUT2D eigenvalue weighted by Gasteiger charge is -2.05. The van der Waals surface area contributed by atoms with Crippen LogP contribution in [0.3, 0.4) is 0 Å². The maximum Gasteiger partial charge on any atom is 0.132 e. The van der Waals surface area contributed by atoms with Crippen molar-refractivity contribution < 1.29 is 4.74 Å². The van der Waals surface area contributed by atoms with E-state index in [0.29, 0.717) is 12.3 Å². The SMILES string of the molecule is Nc1cccc(OCc2cnccn2)c1. The Morgan fingerprint density at radius 1 is 1.27 bits per heavy atom. The van der Waals surface area contributed by atoms with Gasteiger partial charge in [-0.25, -0.2) is 0 Å². The minimum Gasteiger partial charge on any atom is -0.487 e. The summed E-state index contributed by atoms with van der Waals surface area (Å²) >= 11 is 0. The number of hydrogen-bond acceptors (Lipinski definition) is 4. The van der Waals surface area contributed by atoms with Crippen LogP contribution >= 0.6 is 0 Å². The average Bonchev–Trinajstić information content (AvgIpc) is 2.28. The summed E-state index contributed by atoms with van der Waals surface area (Å²) in [4.78, 5) is 8.04. The molecule has 0 unspecified atom stereocenters. The van der Waals surface area contributed by atoms with Crippen molar-refractivity contribution in [2.24, 2.45) is 0 Å². The quantitative estimate of drug-likeness (QED) is 0.767. The largest absolute Gasteiger partial charge is 0.487 e. The highest BCUT2D eigenvalue weighted by Crippen LogP contribution is 2.15. The van der Waals surface area contributed by atoms with Crippen LogP contribution in [-0.4, -0.2) is 9.97 Å². The molecule has 0 aliphatic carbocycles. The fourth-order valence-corrected chi connectivity index (χ4v) is 1.17. The van der Waals surface area contributed by atoms with E-state index < -0.39 is 0 Å². The van der Waals surface area contributed by atoms with E-state index in [1.165, 1.54) is 0 Å². The molecule has 1 aromatic heterocycles. The number of anilines is 1. The molecule has 0 amide bonds. The first-order valence-electron chi connectivity index (χ1n) is 4.58. The molecular weight excluding hydrogens is 190 g/mol. The number of benzene rings is 1. The molecule has 2 N–H and O–H groups in total. The predicted molar refractivity (Wildman–Crippen MR) is 57.2 cm³/mol. The van der Waals surface area contributed by atoms with Gasteiger partial charge in [-0.15, -0.1) is 0 Å². The summed E-state index contributed by atoms with van der Waals surface area (Å²) in [7, 11) is 0. The van der Waals surface area contributed by atoms with Crippen LogP contribution in [0.15, 0.2) is 42.9 Å². The Bertz CT molecular complexity index is 431. The summed E-state index contributed by atoms with van der Waals surface area (Å²) in [5.41, 5.74) is 7.10. The number of nitrogen functional groups attached to an aromatic ring is 1. The molecule has 0 saturated carbocycles. The zero-order valence-corrected chi connectivity index (χ0v) is 8.13. The molecule has 2 rings (SSSR count). The predicted octanol–water partition coefficient (Wildman–Crippen LogP) is 1.64. The molecule has 4 nitrogen and oxygen atoms in total. The van der Waals surface area contributed by atoms with Crippen LogP contribution in [0.25, 0.3) is 0 Å². The van der Waals surface area contributed by atoms with E-state index in [1.54, 1.807) is 24.7 Å². The Hall–Kier alpha value is -2.10. The Balaban J connectivity index is 1.99. The highest BCUT2D eigenvalue weighted by atomic mass is 16.5. The summed E-state index contributed by atoms with van der Waals surface area (Å²) in [6, 6.07) is 7.29. The molecule has 1 aromatic carbocycles. The van der Waals surface area contributed by atoms with Gasteiger partial charge in [-0.05, 0) is 12.1 Å². The molecule has 0 atom stereocenters. The van der Waals surface area contributed by atoms with Crippen molar-refractivity contribution in [3.63, 3.8) is 0 Å². The van der Waals surface area contributed by atoms with Crippen molar-refractivity contribution >= 4 is 5.69 Å². The molecule has 4 heteroatoms.